The molecule has 1 aromatic rings. The predicted octanol–water partition coefficient (Wildman–Crippen LogP) is -0.689. The third-order valence-electron chi connectivity index (χ3n) is 3.59. The molecule has 19 heavy (non-hydrogen) atoms. The van der Waals surface area contributed by atoms with Crippen LogP contribution in [0.4, 0.5) is 0 Å². The van der Waals surface area contributed by atoms with Crippen LogP contribution in [0.1, 0.15) is 36.0 Å². The molecule has 2 atom stereocenters. The molecule has 104 valence electrons. The molecule has 7 nitrogen and oxygen atoms in total. The van der Waals surface area contributed by atoms with Gasteiger partial charge < -0.3 is 16.0 Å². The van der Waals surface area contributed by atoms with Crippen molar-refractivity contribution in [1.82, 2.24) is 15.3 Å². The van der Waals surface area contributed by atoms with Crippen molar-refractivity contribution in [3.8, 4) is 0 Å². The average molecular weight is 266 g/mol. The Morgan fingerprint density at radius 3 is 2.79 bits per heavy atom. The summed E-state index contributed by atoms with van der Waals surface area (Å²) in [6, 6.07) is -0.00224. The molecule has 1 heterocycles. The normalized spacial score (nSPS) is 23.0. The first kappa shape index (κ1) is 13.5. The van der Waals surface area contributed by atoms with Gasteiger partial charge in [-0.15, -0.1) is 0 Å². The maximum Gasteiger partial charge on any atom is 0.325 e. The minimum Gasteiger partial charge on any atom is -0.349 e. The Hall–Kier alpha value is -1.89. The molecule has 0 bridgehead atoms. The molecule has 0 saturated heterocycles. The summed E-state index contributed by atoms with van der Waals surface area (Å²) in [5.41, 5.74) is 4.30. The molecule has 1 fully saturated rings. The molecule has 1 amide bonds. The minimum atomic E-state index is -0.679. The number of rotatable bonds is 3. The van der Waals surface area contributed by atoms with Crippen LogP contribution in [0.2, 0.25) is 0 Å². The van der Waals surface area contributed by atoms with E-state index in [1.165, 1.54) is 0 Å². The summed E-state index contributed by atoms with van der Waals surface area (Å²) in [6.07, 6.45) is 5.16. The first-order valence-corrected chi connectivity index (χ1v) is 6.44. The number of aromatic amines is 2. The van der Waals surface area contributed by atoms with Crippen molar-refractivity contribution in [2.24, 2.45) is 11.7 Å². The van der Waals surface area contributed by atoms with Crippen molar-refractivity contribution in [2.45, 2.75) is 31.7 Å². The van der Waals surface area contributed by atoms with Crippen LogP contribution in [-0.2, 0) is 0 Å². The smallest absolute Gasteiger partial charge is 0.325 e. The van der Waals surface area contributed by atoms with E-state index < -0.39 is 17.2 Å². The molecule has 7 heteroatoms. The van der Waals surface area contributed by atoms with E-state index in [9.17, 15) is 14.4 Å². The van der Waals surface area contributed by atoms with Crippen LogP contribution in [0.3, 0.4) is 0 Å². The highest BCUT2D eigenvalue weighted by Gasteiger charge is 2.26. The minimum absolute atomic E-state index is 0.00224. The summed E-state index contributed by atoms with van der Waals surface area (Å²) in [6.45, 7) is 0.521. The predicted molar refractivity (Wildman–Crippen MR) is 70.0 cm³/mol. The van der Waals surface area contributed by atoms with E-state index in [4.69, 9.17) is 5.73 Å². The van der Waals surface area contributed by atoms with Crippen molar-refractivity contribution in [2.75, 3.05) is 6.54 Å². The highest BCUT2D eigenvalue weighted by atomic mass is 16.2. The van der Waals surface area contributed by atoms with Gasteiger partial charge in [-0.1, -0.05) is 12.8 Å². The standard InChI is InChI=1S/C12H18N4O3/c13-5-7-3-1-2-4-9(7)15-10(17)8-6-14-12(19)16-11(8)18/h6-7,9H,1-5,13H2,(H,15,17)(H2,14,16,18,19). The monoisotopic (exact) mass is 266 g/mol. The molecule has 2 unspecified atom stereocenters. The number of carbonyl (C=O) groups is 1. The van der Waals surface area contributed by atoms with Gasteiger partial charge in [-0.25, -0.2) is 4.79 Å². The number of H-pyrrole nitrogens is 2. The van der Waals surface area contributed by atoms with E-state index in [2.05, 4.69) is 10.3 Å². The summed E-state index contributed by atoms with van der Waals surface area (Å²) in [5.74, 6) is -0.220. The second kappa shape index (κ2) is 5.83. The van der Waals surface area contributed by atoms with E-state index in [1.807, 2.05) is 4.98 Å². The summed E-state index contributed by atoms with van der Waals surface area (Å²) in [5, 5.41) is 2.84. The maximum atomic E-state index is 12.0. The van der Waals surface area contributed by atoms with Gasteiger partial charge in [0.15, 0.2) is 0 Å². The third kappa shape index (κ3) is 3.11. The lowest BCUT2D eigenvalue weighted by atomic mass is 9.84. The Kier molecular flexibility index (Phi) is 4.16. The van der Waals surface area contributed by atoms with E-state index in [-0.39, 0.29) is 17.5 Å². The lowest BCUT2D eigenvalue weighted by Crippen LogP contribution is -2.46. The first-order valence-electron chi connectivity index (χ1n) is 6.44. The van der Waals surface area contributed by atoms with E-state index in [0.29, 0.717) is 6.54 Å². The molecule has 0 aliphatic heterocycles. The summed E-state index contributed by atoms with van der Waals surface area (Å²) >= 11 is 0. The number of amides is 1. The fraction of sp³-hybridized carbons (Fsp3) is 0.583. The summed E-state index contributed by atoms with van der Waals surface area (Å²) < 4.78 is 0. The van der Waals surface area contributed by atoms with Gasteiger partial charge in [-0.2, -0.15) is 0 Å². The van der Waals surface area contributed by atoms with E-state index >= 15 is 0 Å². The SMILES string of the molecule is NCC1CCCCC1NC(=O)c1c[nH]c(=O)[nH]c1=O. The number of aromatic nitrogens is 2. The van der Waals surface area contributed by atoms with Gasteiger partial charge in [0.1, 0.15) is 5.56 Å². The largest absolute Gasteiger partial charge is 0.349 e. The average Bonchev–Trinajstić information content (AvgIpc) is 2.39. The van der Waals surface area contributed by atoms with Crippen molar-refractivity contribution in [3.05, 3.63) is 32.6 Å². The fourth-order valence-corrected chi connectivity index (χ4v) is 2.50. The van der Waals surface area contributed by atoms with Gasteiger partial charge in [0.05, 0.1) is 0 Å². The van der Waals surface area contributed by atoms with Crippen LogP contribution in [-0.4, -0.2) is 28.5 Å². The Balaban J connectivity index is 2.11. The van der Waals surface area contributed by atoms with Crippen LogP contribution in [0.15, 0.2) is 15.8 Å². The zero-order chi connectivity index (χ0) is 13.8. The molecular weight excluding hydrogens is 248 g/mol. The lowest BCUT2D eigenvalue weighted by molar-refractivity contribution is 0.0906. The summed E-state index contributed by atoms with van der Waals surface area (Å²) in [4.78, 5) is 38.7. The first-order chi connectivity index (χ1) is 9.11. The van der Waals surface area contributed by atoms with Crippen molar-refractivity contribution in [1.29, 1.82) is 0 Å². The highest BCUT2D eigenvalue weighted by Crippen LogP contribution is 2.23. The Morgan fingerprint density at radius 1 is 1.37 bits per heavy atom. The zero-order valence-corrected chi connectivity index (χ0v) is 10.6. The van der Waals surface area contributed by atoms with Gasteiger partial charge in [0, 0.05) is 12.2 Å². The molecule has 0 radical (unpaired) electrons. The fourth-order valence-electron chi connectivity index (χ4n) is 2.50. The van der Waals surface area contributed by atoms with Crippen LogP contribution >= 0.6 is 0 Å². The second-order valence-corrected chi connectivity index (χ2v) is 4.85. The van der Waals surface area contributed by atoms with Crippen LogP contribution < -0.4 is 22.3 Å². The van der Waals surface area contributed by atoms with Crippen LogP contribution in [0, 0.1) is 5.92 Å². The van der Waals surface area contributed by atoms with Crippen molar-refractivity contribution < 1.29 is 4.79 Å². The molecule has 1 aliphatic rings. The number of carbonyl (C=O) groups excluding carboxylic acids is 1. The topological polar surface area (TPSA) is 121 Å². The number of nitrogens with one attached hydrogen (secondary N) is 3. The molecule has 1 aromatic heterocycles. The Morgan fingerprint density at radius 2 is 2.11 bits per heavy atom. The molecule has 1 aliphatic carbocycles. The molecule has 5 N–H and O–H groups in total. The highest BCUT2D eigenvalue weighted by molar-refractivity contribution is 5.93. The van der Waals surface area contributed by atoms with E-state index in [0.717, 1.165) is 31.9 Å². The third-order valence-corrected chi connectivity index (χ3v) is 3.59. The quantitative estimate of drug-likeness (QED) is 0.578. The molecule has 0 spiro atoms. The molecule has 0 aromatic carbocycles. The van der Waals surface area contributed by atoms with Crippen LogP contribution in [0.5, 0.6) is 0 Å². The second-order valence-electron chi connectivity index (χ2n) is 4.85. The number of hydrogen-bond donors (Lipinski definition) is 4. The number of nitrogens with two attached hydrogens (primary N) is 1. The molecule has 1 saturated carbocycles. The van der Waals surface area contributed by atoms with Gasteiger partial charge in [-0.05, 0) is 25.3 Å². The van der Waals surface area contributed by atoms with Gasteiger partial charge >= 0.3 is 5.69 Å². The molecule has 2 rings (SSSR count). The van der Waals surface area contributed by atoms with Crippen LogP contribution in [0.25, 0.3) is 0 Å². The van der Waals surface area contributed by atoms with Gasteiger partial charge in [0.25, 0.3) is 11.5 Å². The van der Waals surface area contributed by atoms with E-state index in [1.54, 1.807) is 0 Å². The van der Waals surface area contributed by atoms with Gasteiger partial charge in [0.2, 0.25) is 0 Å². The summed E-state index contributed by atoms with van der Waals surface area (Å²) in [7, 11) is 0. The maximum absolute atomic E-state index is 12.0. The van der Waals surface area contributed by atoms with Crippen molar-refractivity contribution >= 4 is 5.91 Å². The number of hydrogen-bond acceptors (Lipinski definition) is 4. The van der Waals surface area contributed by atoms with Gasteiger partial charge in [-0.3, -0.25) is 14.6 Å². The lowest BCUT2D eigenvalue weighted by Gasteiger charge is -2.31. The molecular formula is C12H18N4O3. The zero-order valence-electron chi connectivity index (χ0n) is 10.6. The Bertz CT molecular complexity index is 563. The Labute approximate surface area is 109 Å². The van der Waals surface area contributed by atoms with Crippen molar-refractivity contribution in [3.63, 3.8) is 0 Å².